The highest BCUT2D eigenvalue weighted by Gasteiger charge is 2.13. The van der Waals surface area contributed by atoms with Crippen LogP contribution in [0, 0.1) is 5.92 Å². The SMILES string of the molecule is CC(=O)O.CCCCCCCCCCC(CCCCN)C(N)=O. The summed E-state index contributed by atoms with van der Waals surface area (Å²) in [4.78, 5) is 20.3. The molecule has 138 valence electrons. The van der Waals surface area contributed by atoms with E-state index in [9.17, 15) is 4.79 Å². The summed E-state index contributed by atoms with van der Waals surface area (Å²) in [7, 11) is 0. The molecule has 0 aliphatic heterocycles. The number of amides is 1. The minimum atomic E-state index is -0.833. The summed E-state index contributed by atoms with van der Waals surface area (Å²) in [6.45, 7) is 4.04. The van der Waals surface area contributed by atoms with Gasteiger partial charge < -0.3 is 16.6 Å². The maximum atomic E-state index is 11.3. The molecule has 1 unspecified atom stereocenters. The molecule has 5 nitrogen and oxygen atoms in total. The average molecular weight is 331 g/mol. The predicted octanol–water partition coefficient (Wildman–Crippen LogP) is 3.84. The maximum Gasteiger partial charge on any atom is 0.300 e. The number of primary amides is 1. The molecule has 0 saturated heterocycles. The molecule has 0 rings (SSSR count). The highest BCUT2D eigenvalue weighted by Crippen LogP contribution is 2.17. The van der Waals surface area contributed by atoms with Crippen LogP contribution in [0.25, 0.3) is 0 Å². The third-order valence-electron chi connectivity index (χ3n) is 3.82. The van der Waals surface area contributed by atoms with Crippen LogP contribution in [-0.4, -0.2) is 23.5 Å². The van der Waals surface area contributed by atoms with E-state index in [2.05, 4.69) is 6.92 Å². The Morgan fingerprint density at radius 2 is 1.26 bits per heavy atom. The van der Waals surface area contributed by atoms with Gasteiger partial charge >= 0.3 is 0 Å². The Labute approximate surface area is 142 Å². The van der Waals surface area contributed by atoms with Crippen molar-refractivity contribution in [2.75, 3.05) is 6.54 Å². The molecule has 0 bridgehead atoms. The first-order chi connectivity index (χ1) is 11.0. The molecule has 0 aliphatic rings. The molecule has 0 aromatic heterocycles. The van der Waals surface area contributed by atoms with Crippen LogP contribution in [0.2, 0.25) is 0 Å². The number of carboxylic acid groups (broad SMARTS) is 1. The molecule has 0 saturated carbocycles. The van der Waals surface area contributed by atoms with Crippen LogP contribution < -0.4 is 11.5 Å². The monoisotopic (exact) mass is 330 g/mol. The van der Waals surface area contributed by atoms with E-state index >= 15 is 0 Å². The fourth-order valence-corrected chi connectivity index (χ4v) is 2.49. The van der Waals surface area contributed by atoms with E-state index < -0.39 is 5.97 Å². The fraction of sp³-hybridized carbons (Fsp3) is 0.889. The molecule has 0 aromatic carbocycles. The van der Waals surface area contributed by atoms with Gasteiger partial charge in [0.05, 0.1) is 0 Å². The van der Waals surface area contributed by atoms with Crippen LogP contribution in [0.4, 0.5) is 0 Å². The molecule has 0 aromatic rings. The van der Waals surface area contributed by atoms with Crippen molar-refractivity contribution >= 4 is 11.9 Å². The molecule has 0 radical (unpaired) electrons. The Morgan fingerprint density at radius 1 is 0.870 bits per heavy atom. The number of hydrogen-bond acceptors (Lipinski definition) is 3. The second-order valence-corrected chi connectivity index (χ2v) is 6.17. The zero-order valence-corrected chi connectivity index (χ0v) is 15.2. The van der Waals surface area contributed by atoms with E-state index in [1.54, 1.807) is 0 Å². The zero-order chi connectivity index (χ0) is 17.9. The Kier molecular flexibility index (Phi) is 19.9. The van der Waals surface area contributed by atoms with Crippen molar-refractivity contribution in [3.63, 3.8) is 0 Å². The third-order valence-corrected chi connectivity index (χ3v) is 3.82. The summed E-state index contributed by atoms with van der Waals surface area (Å²) in [5.74, 6) is -0.883. The molecule has 5 heteroatoms. The topological polar surface area (TPSA) is 106 Å². The van der Waals surface area contributed by atoms with Gasteiger partial charge in [-0.2, -0.15) is 0 Å². The Morgan fingerprint density at radius 3 is 1.65 bits per heavy atom. The summed E-state index contributed by atoms with van der Waals surface area (Å²) in [6, 6.07) is 0. The first kappa shape index (κ1) is 24.2. The lowest BCUT2D eigenvalue weighted by Crippen LogP contribution is -2.23. The molecule has 1 atom stereocenters. The molecular weight excluding hydrogens is 292 g/mol. The second-order valence-electron chi connectivity index (χ2n) is 6.17. The lowest BCUT2D eigenvalue weighted by Gasteiger charge is -2.12. The molecule has 5 N–H and O–H groups in total. The van der Waals surface area contributed by atoms with Crippen LogP contribution >= 0.6 is 0 Å². The van der Waals surface area contributed by atoms with Gasteiger partial charge in [0.25, 0.3) is 5.97 Å². The lowest BCUT2D eigenvalue weighted by molar-refractivity contribution is -0.134. The molecule has 1 amide bonds. The van der Waals surface area contributed by atoms with E-state index in [4.69, 9.17) is 21.4 Å². The van der Waals surface area contributed by atoms with Gasteiger partial charge in [0.2, 0.25) is 5.91 Å². The van der Waals surface area contributed by atoms with Crippen molar-refractivity contribution < 1.29 is 14.7 Å². The predicted molar refractivity (Wildman–Crippen MR) is 96.1 cm³/mol. The lowest BCUT2D eigenvalue weighted by atomic mass is 9.94. The van der Waals surface area contributed by atoms with Gasteiger partial charge in [0.15, 0.2) is 0 Å². The average Bonchev–Trinajstić information content (AvgIpc) is 2.47. The van der Waals surface area contributed by atoms with Crippen molar-refractivity contribution in [3.8, 4) is 0 Å². The van der Waals surface area contributed by atoms with E-state index in [1.165, 1.54) is 44.9 Å². The first-order valence-electron chi connectivity index (χ1n) is 9.14. The number of rotatable bonds is 14. The number of nitrogens with two attached hydrogens (primary N) is 2. The van der Waals surface area contributed by atoms with E-state index in [-0.39, 0.29) is 11.8 Å². The number of unbranched alkanes of at least 4 members (excludes halogenated alkanes) is 8. The highest BCUT2D eigenvalue weighted by atomic mass is 16.4. The van der Waals surface area contributed by atoms with Crippen molar-refractivity contribution in [2.45, 2.75) is 90.9 Å². The van der Waals surface area contributed by atoms with Gasteiger partial charge in [-0.25, -0.2) is 0 Å². The number of hydrogen-bond donors (Lipinski definition) is 3. The molecule has 0 spiro atoms. The maximum absolute atomic E-state index is 11.3. The number of carbonyl (C=O) groups excluding carboxylic acids is 1. The van der Waals surface area contributed by atoms with E-state index in [1.807, 2.05) is 0 Å². The van der Waals surface area contributed by atoms with Gasteiger partial charge in [0.1, 0.15) is 0 Å². The Hall–Kier alpha value is -1.10. The number of aliphatic carboxylic acids is 1. The van der Waals surface area contributed by atoms with Crippen molar-refractivity contribution in [1.82, 2.24) is 0 Å². The van der Waals surface area contributed by atoms with Crippen molar-refractivity contribution in [1.29, 1.82) is 0 Å². The fourth-order valence-electron chi connectivity index (χ4n) is 2.49. The van der Waals surface area contributed by atoms with Crippen LogP contribution in [0.5, 0.6) is 0 Å². The number of carboxylic acids is 1. The van der Waals surface area contributed by atoms with E-state index in [0.717, 1.165) is 39.0 Å². The molecule has 0 heterocycles. The molecule has 0 fully saturated rings. The number of carbonyl (C=O) groups is 2. The van der Waals surface area contributed by atoms with Gasteiger partial charge in [-0.1, -0.05) is 64.7 Å². The standard InChI is InChI=1S/C16H34N2O.C2H4O2/c1-2-3-4-5-6-7-8-9-12-15(16(18)19)13-10-11-14-17;1-2(3)4/h15H,2-14,17H2,1H3,(H2,18,19);1H3,(H,3,4). The third kappa shape index (κ3) is 23.3. The van der Waals surface area contributed by atoms with Crippen LogP contribution in [0.15, 0.2) is 0 Å². The quantitative estimate of drug-likeness (QED) is 0.421. The van der Waals surface area contributed by atoms with Crippen LogP contribution in [0.1, 0.15) is 90.9 Å². The summed E-state index contributed by atoms with van der Waals surface area (Å²) in [6.07, 6.45) is 14.4. The minimum absolute atomic E-state index is 0.0756. The Balaban J connectivity index is 0. The summed E-state index contributed by atoms with van der Waals surface area (Å²) >= 11 is 0. The highest BCUT2D eigenvalue weighted by molar-refractivity contribution is 5.76. The van der Waals surface area contributed by atoms with Crippen molar-refractivity contribution in [3.05, 3.63) is 0 Å². The van der Waals surface area contributed by atoms with Crippen molar-refractivity contribution in [2.24, 2.45) is 17.4 Å². The Bertz CT molecular complexity index is 279. The zero-order valence-electron chi connectivity index (χ0n) is 15.2. The van der Waals surface area contributed by atoms with E-state index in [0.29, 0.717) is 6.54 Å². The van der Waals surface area contributed by atoms with Gasteiger partial charge in [0, 0.05) is 12.8 Å². The minimum Gasteiger partial charge on any atom is -0.481 e. The second kappa shape index (κ2) is 18.9. The first-order valence-corrected chi connectivity index (χ1v) is 9.14. The van der Waals surface area contributed by atoms with Gasteiger partial charge in [-0.15, -0.1) is 0 Å². The largest absolute Gasteiger partial charge is 0.481 e. The molecule has 0 aliphatic carbocycles. The van der Waals surface area contributed by atoms with Crippen LogP contribution in [-0.2, 0) is 9.59 Å². The summed E-state index contributed by atoms with van der Waals surface area (Å²) in [5.41, 5.74) is 10.9. The van der Waals surface area contributed by atoms with Crippen LogP contribution in [0.3, 0.4) is 0 Å². The molecule has 23 heavy (non-hydrogen) atoms. The molecular formula is C18H38N2O3. The summed E-state index contributed by atoms with van der Waals surface area (Å²) < 4.78 is 0. The van der Waals surface area contributed by atoms with Gasteiger partial charge in [-0.05, 0) is 25.8 Å². The smallest absolute Gasteiger partial charge is 0.300 e. The normalized spacial score (nSPS) is 11.4. The van der Waals surface area contributed by atoms with Gasteiger partial charge in [-0.3, -0.25) is 9.59 Å². The summed E-state index contributed by atoms with van der Waals surface area (Å²) in [5, 5.41) is 7.42.